The number of Topliss-reactive ketones (excluding diaryl/α,β-unsaturated/α-hetero) is 1. The Hall–Kier alpha value is -2.55. The molecule has 3 nitrogen and oxygen atoms in total. The van der Waals surface area contributed by atoms with Gasteiger partial charge in [-0.3, -0.25) is 4.79 Å². The van der Waals surface area contributed by atoms with E-state index in [1.165, 1.54) is 7.11 Å². The molecule has 3 heteroatoms. The van der Waals surface area contributed by atoms with Gasteiger partial charge in [0, 0.05) is 5.56 Å². The van der Waals surface area contributed by atoms with E-state index in [4.69, 9.17) is 9.47 Å². The number of ketones is 1. The van der Waals surface area contributed by atoms with Crippen molar-refractivity contribution in [3.8, 4) is 5.75 Å². The van der Waals surface area contributed by atoms with Gasteiger partial charge in [0.2, 0.25) is 5.78 Å². The van der Waals surface area contributed by atoms with Crippen molar-refractivity contribution in [3.05, 3.63) is 71.5 Å². The van der Waals surface area contributed by atoms with Crippen LogP contribution < -0.4 is 4.74 Å². The number of methoxy groups -OCH3 is 2. The first kappa shape index (κ1) is 13.9. The normalized spacial score (nSPS) is 11.0. The lowest BCUT2D eigenvalue weighted by Gasteiger charge is -2.06. The van der Waals surface area contributed by atoms with E-state index in [0.717, 1.165) is 11.3 Å². The van der Waals surface area contributed by atoms with Crippen LogP contribution in [0.3, 0.4) is 0 Å². The molecule has 102 valence electrons. The van der Waals surface area contributed by atoms with E-state index in [2.05, 4.69) is 0 Å². The summed E-state index contributed by atoms with van der Waals surface area (Å²) in [6, 6.07) is 16.5. The Morgan fingerprint density at radius 2 is 1.60 bits per heavy atom. The second kappa shape index (κ2) is 6.57. The van der Waals surface area contributed by atoms with Gasteiger partial charge < -0.3 is 9.47 Å². The Kier molecular flexibility index (Phi) is 4.56. The maximum atomic E-state index is 12.3. The third-order valence-electron chi connectivity index (χ3n) is 2.89. The summed E-state index contributed by atoms with van der Waals surface area (Å²) in [6.45, 7) is 0. The van der Waals surface area contributed by atoms with Gasteiger partial charge in [0.15, 0.2) is 5.76 Å². The fraction of sp³-hybridized carbons (Fsp3) is 0.118. The zero-order valence-electron chi connectivity index (χ0n) is 11.5. The standard InChI is InChI=1S/C17H16O3/c1-19-15-10-8-13(9-11-15)12-16(20-2)17(18)14-6-4-3-5-7-14/h3-12H,1-2H3/b16-12+. The molecule has 0 heterocycles. The molecule has 0 aliphatic heterocycles. The van der Waals surface area contributed by atoms with Gasteiger partial charge in [0.1, 0.15) is 5.75 Å². The second-order valence-corrected chi connectivity index (χ2v) is 4.18. The minimum absolute atomic E-state index is 0.135. The van der Waals surface area contributed by atoms with E-state index in [-0.39, 0.29) is 5.78 Å². The molecule has 0 aliphatic rings. The quantitative estimate of drug-likeness (QED) is 0.472. The first-order valence-electron chi connectivity index (χ1n) is 6.24. The van der Waals surface area contributed by atoms with Crippen LogP contribution in [0.5, 0.6) is 5.75 Å². The zero-order valence-corrected chi connectivity index (χ0v) is 11.5. The van der Waals surface area contributed by atoms with E-state index in [9.17, 15) is 4.79 Å². The smallest absolute Gasteiger partial charge is 0.227 e. The number of ether oxygens (including phenoxy) is 2. The molecule has 0 bridgehead atoms. The third-order valence-corrected chi connectivity index (χ3v) is 2.89. The van der Waals surface area contributed by atoms with E-state index in [0.29, 0.717) is 11.3 Å². The molecule has 0 aromatic heterocycles. The van der Waals surface area contributed by atoms with E-state index in [1.807, 2.05) is 42.5 Å². The van der Waals surface area contributed by atoms with E-state index >= 15 is 0 Å². The average molecular weight is 268 g/mol. The molecule has 2 rings (SSSR count). The Morgan fingerprint density at radius 1 is 0.950 bits per heavy atom. The van der Waals surface area contributed by atoms with Crippen LogP contribution in [0.25, 0.3) is 6.08 Å². The van der Waals surface area contributed by atoms with Gasteiger partial charge in [0.05, 0.1) is 14.2 Å². The van der Waals surface area contributed by atoms with Gasteiger partial charge in [-0.05, 0) is 23.8 Å². The molecule has 0 saturated carbocycles. The summed E-state index contributed by atoms with van der Waals surface area (Å²) in [6.07, 6.45) is 1.72. The molecule has 0 fully saturated rings. The molecule has 2 aromatic rings. The van der Waals surface area contributed by atoms with Crippen molar-refractivity contribution in [3.63, 3.8) is 0 Å². The Labute approximate surface area is 118 Å². The third kappa shape index (κ3) is 3.26. The lowest BCUT2D eigenvalue weighted by molar-refractivity contribution is 0.0957. The number of carbonyl (C=O) groups is 1. The largest absolute Gasteiger partial charge is 0.497 e. The molecular weight excluding hydrogens is 252 g/mol. The number of benzene rings is 2. The summed E-state index contributed by atoms with van der Waals surface area (Å²) in [7, 11) is 3.11. The zero-order chi connectivity index (χ0) is 14.4. The Bertz CT molecular complexity index is 598. The molecule has 0 saturated heterocycles. The number of allylic oxidation sites excluding steroid dienone is 1. The number of hydrogen-bond donors (Lipinski definition) is 0. The lowest BCUT2D eigenvalue weighted by atomic mass is 10.1. The SMILES string of the molecule is CO/C(=C/c1ccc(OC)cc1)C(=O)c1ccccc1. The van der Waals surface area contributed by atoms with Crippen molar-refractivity contribution in [2.24, 2.45) is 0 Å². The van der Waals surface area contributed by atoms with Crippen molar-refractivity contribution < 1.29 is 14.3 Å². The highest BCUT2D eigenvalue weighted by Gasteiger charge is 2.12. The van der Waals surface area contributed by atoms with Crippen LogP contribution in [0.4, 0.5) is 0 Å². The van der Waals surface area contributed by atoms with E-state index < -0.39 is 0 Å². The highest BCUT2D eigenvalue weighted by molar-refractivity contribution is 6.09. The van der Waals surface area contributed by atoms with Crippen molar-refractivity contribution in [1.82, 2.24) is 0 Å². The number of carbonyl (C=O) groups excluding carboxylic acids is 1. The van der Waals surface area contributed by atoms with Gasteiger partial charge in [-0.25, -0.2) is 0 Å². The Balaban J connectivity index is 2.26. The van der Waals surface area contributed by atoms with Crippen LogP contribution in [0.15, 0.2) is 60.4 Å². The van der Waals surface area contributed by atoms with Crippen molar-refractivity contribution in [1.29, 1.82) is 0 Å². The molecule has 0 unspecified atom stereocenters. The molecule has 20 heavy (non-hydrogen) atoms. The number of rotatable bonds is 5. The highest BCUT2D eigenvalue weighted by Crippen LogP contribution is 2.16. The maximum Gasteiger partial charge on any atom is 0.227 e. The van der Waals surface area contributed by atoms with Crippen LogP contribution >= 0.6 is 0 Å². The topological polar surface area (TPSA) is 35.5 Å². The van der Waals surface area contributed by atoms with Crippen LogP contribution in [0.1, 0.15) is 15.9 Å². The first-order valence-corrected chi connectivity index (χ1v) is 6.24. The molecule has 2 aromatic carbocycles. The molecule has 0 N–H and O–H groups in total. The van der Waals surface area contributed by atoms with E-state index in [1.54, 1.807) is 25.3 Å². The van der Waals surface area contributed by atoms with Gasteiger partial charge >= 0.3 is 0 Å². The van der Waals surface area contributed by atoms with Crippen LogP contribution in [0, 0.1) is 0 Å². The average Bonchev–Trinajstić information content (AvgIpc) is 2.53. The predicted octanol–water partition coefficient (Wildman–Crippen LogP) is 3.57. The maximum absolute atomic E-state index is 12.3. The molecule has 0 atom stereocenters. The predicted molar refractivity (Wildman–Crippen MR) is 78.8 cm³/mol. The minimum Gasteiger partial charge on any atom is -0.497 e. The summed E-state index contributed by atoms with van der Waals surface area (Å²) >= 11 is 0. The van der Waals surface area contributed by atoms with Crippen LogP contribution in [-0.2, 0) is 4.74 Å². The first-order chi connectivity index (χ1) is 9.74. The van der Waals surface area contributed by atoms with Gasteiger partial charge in [-0.1, -0.05) is 42.5 Å². The molecule has 0 aliphatic carbocycles. The van der Waals surface area contributed by atoms with Gasteiger partial charge in [0.25, 0.3) is 0 Å². The fourth-order valence-electron chi connectivity index (χ4n) is 1.80. The summed E-state index contributed by atoms with van der Waals surface area (Å²) < 4.78 is 10.3. The fourth-order valence-corrected chi connectivity index (χ4v) is 1.80. The minimum atomic E-state index is -0.135. The monoisotopic (exact) mass is 268 g/mol. The molecule has 0 spiro atoms. The lowest BCUT2D eigenvalue weighted by Crippen LogP contribution is -2.04. The number of hydrogen-bond acceptors (Lipinski definition) is 3. The van der Waals surface area contributed by atoms with Crippen molar-refractivity contribution in [2.45, 2.75) is 0 Å². The van der Waals surface area contributed by atoms with Crippen LogP contribution in [0.2, 0.25) is 0 Å². The summed E-state index contributed by atoms with van der Waals surface area (Å²) in [5, 5.41) is 0. The summed E-state index contributed by atoms with van der Waals surface area (Å²) in [5.74, 6) is 0.945. The molecule has 0 radical (unpaired) electrons. The van der Waals surface area contributed by atoms with Crippen LogP contribution in [-0.4, -0.2) is 20.0 Å². The molecule has 0 amide bonds. The summed E-state index contributed by atoms with van der Waals surface area (Å²) in [4.78, 5) is 12.3. The molecular formula is C17H16O3. The van der Waals surface area contributed by atoms with Gasteiger partial charge in [-0.15, -0.1) is 0 Å². The Morgan fingerprint density at radius 3 is 2.15 bits per heavy atom. The van der Waals surface area contributed by atoms with Crippen molar-refractivity contribution in [2.75, 3.05) is 14.2 Å². The van der Waals surface area contributed by atoms with Crippen molar-refractivity contribution >= 4 is 11.9 Å². The highest BCUT2D eigenvalue weighted by atomic mass is 16.5. The summed E-state index contributed by atoms with van der Waals surface area (Å²) in [5.41, 5.74) is 1.49. The van der Waals surface area contributed by atoms with Gasteiger partial charge in [-0.2, -0.15) is 0 Å². The second-order valence-electron chi connectivity index (χ2n) is 4.18.